The highest BCUT2D eigenvalue weighted by atomic mass is 32.2. The molecule has 0 saturated carbocycles. The Morgan fingerprint density at radius 1 is 0.758 bits per heavy atom. The maximum atomic E-state index is 13.8. The molecule has 2 saturated heterocycles. The van der Waals surface area contributed by atoms with E-state index in [4.69, 9.17) is 16.7 Å². The van der Waals surface area contributed by atoms with Crippen molar-refractivity contribution in [1.82, 2.24) is 48.0 Å². The number of primary amides is 1. The Hall–Kier alpha value is -5.68. The molecule has 2 heterocycles. The van der Waals surface area contributed by atoms with Gasteiger partial charge in [0.2, 0.25) is 47.3 Å². The number of amides is 10. The predicted molar refractivity (Wildman–Crippen MR) is 244 cm³/mol. The smallest absolute Gasteiger partial charge is 0.315 e. The third-order valence-electron chi connectivity index (χ3n) is 11.1. The van der Waals surface area contributed by atoms with Crippen LogP contribution in [0.15, 0.2) is 24.3 Å². The second-order valence-electron chi connectivity index (χ2n) is 17.1. The number of aromatic hydroxyl groups is 1. The number of hydroxylamine groups is 1. The van der Waals surface area contributed by atoms with E-state index in [0.717, 1.165) is 25.0 Å². The van der Waals surface area contributed by atoms with Gasteiger partial charge in [0.15, 0.2) is 0 Å². The average molecular weight is 948 g/mol. The number of nitrogens with two attached hydrogens (primary N) is 2. The van der Waals surface area contributed by atoms with E-state index in [9.17, 15) is 48.3 Å². The molecule has 1 aromatic rings. The molecule has 0 radical (unpaired) electrons. The van der Waals surface area contributed by atoms with Crippen LogP contribution in [0.25, 0.3) is 0 Å². The lowest BCUT2D eigenvalue weighted by molar-refractivity contribution is -0.137. The Morgan fingerprint density at radius 2 is 1.44 bits per heavy atom. The average Bonchev–Trinajstić information content (AvgIpc) is 3.83. The summed E-state index contributed by atoms with van der Waals surface area (Å²) in [6.07, 6.45) is 5.03. The number of nitrogens with one attached hydrogen (secondary N) is 9. The fraction of sp³-hybridized carbons (Fsp3) is 0.651. The molecular weight excluding hydrogens is 879 g/mol. The Labute approximate surface area is 389 Å². The van der Waals surface area contributed by atoms with Crippen molar-refractivity contribution in [2.45, 2.75) is 133 Å². The van der Waals surface area contributed by atoms with Crippen LogP contribution >= 0.6 is 11.8 Å². The van der Waals surface area contributed by atoms with Gasteiger partial charge in [-0.3, -0.25) is 43.6 Å². The second-order valence-corrected chi connectivity index (χ2v) is 18.3. The van der Waals surface area contributed by atoms with Crippen LogP contribution in [0.1, 0.15) is 96.5 Å². The van der Waals surface area contributed by atoms with Crippen LogP contribution in [-0.2, 0) is 44.8 Å². The van der Waals surface area contributed by atoms with E-state index in [1.165, 1.54) is 17.6 Å². The highest BCUT2D eigenvalue weighted by molar-refractivity contribution is 8.00. The number of hydrogen-bond donors (Lipinski definition) is 13. The monoisotopic (exact) mass is 947 g/mol. The molecule has 0 aliphatic carbocycles. The highest BCUT2D eigenvalue weighted by Crippen LogP contribution is 2.33. The number of benzene rings is 1. The Morgan fingerprint density at radius 3 is 2.12 bits per heavy atom. The summed E-state index contributed by atoms with van der Waals surface area (Å²) >= 11 is 1.83. The van der Waals surface area contributed by atoms with E-state index in [-0.39, 0.29) is 67.8 Å². The summed E-state index contributed by atoms with van der Waals surface area (Å²) in [4.78, 5) is 114. The van der Waals surface area contributed by atoms with Crippen molar-refractivity contribution in [3.8, 4) is 5.75 Å². The number of fused-ring (bicyclic) bond motifs is 1. The van der Waals surface area contributed by atoms with E-state index in [2.05, 4.69) is 42.5 Å². The first-order valence-corrected chi connectivity index (χ1v) is 23.6. The first kappa shape index (κ1) is 54.7. The SMILES string of the molecule is CC(C)CC(CC(=O)NO)C(=O)N[C@@H](CCCCN)C(=O)N[C@@H](Cc1ccc(O)cc1)C(=O)NCC(=O)NCC(=O)N[C@@H](CCCCNC(=O)CCCC[C@@H]1SC[C@@H]2NC(=O)N[C@@H]21)C(N)=O. The molecule has 23 heteroatoms. The Kier molecular flexibility index (Phi) is 24.1. The van der Waals surface area contributed by atoms with Gasteiger partial charge in [-0.1, -0.05) is 32.4 Å². The van der Waals surface area contributed by atoms with Crippen LogP contribution in [0.2, 0.25) is 0 Å². The van der Waals surface area contributed by atoms with Gasteiger partial charge in [0.1, 0.15) is 23.9 Å². The quantitative estimate of drug-likeness (QED) is 0.0180. The van der Waals surface area contributed by atoms with Gasteiger partial charge in [-0.15, -0.1) is 0 Å². The number of carbonyl (C=O) groups excluding carboxylic acids is 9. The summed E-state index contributed by atoms with van der Waals surface area (Å²) in [6.45, 7) is 3.26. The zero-order valence-corrected chi connectivity index (χ0v) is 38.6. The van der Waals surface area contributed by atoms with Crippen LogP contribution < -0.4 is 59.5 Å². The number of rotatable bonds is 31. The van der Waals surface area contributed by atoms with Crippen molar-refractivity contribution in [1.29, 1.82) is 0 Å². The fourth-order valence-corrected chi connectivity index (χ4v) is 9.19. The lowest BCUT2D eigenvalue weighted by Crippen LogP contribution is -2.56. The van der Waals surface area contributed by atoms with Gasteiger partial charge in [0, 0.05) is 42.7 Å². The van der Waals surface area contributed by atoms with Crippen LogP contribution in [-0.4, -0.2) is 131 Å². The maximum absolute atomic E-state index is 13.8. The van der Waals surface area contributed by atoms with Crippen molar-refractivity contribution < 1.29 is 53.5 Å². The summed E-state index contributed by atoms with van der Waals surface area (Å²) in [6, 6.07) is 2.59. The second kappa shape index (κ2) is 29.1. The van der Waals surface area contributed by atoms with E-state index in [1.54, 1.807) is 12.1 Å². The minimum Gasteiger partial charge on any atom is -0.508 e. The summed E-state index contributed by atoms with van der Waals surface area (Å²) in [5.74, 6) is -5.22. The van der Waals surface area contributed by atoms with Crippen molar-refractivity contribution >= 4 is 65.1 Å². The van der Waals surface area contributed by atoms with E-state index >= 15 is 0 Å². The van der Waals surface area contributed by atoms with Crippen LogP contribution in [0.5, 0.6) is 5.75 Å². The minimum absolute atomic E-state index is 0.00225. The topological polar surface area (TPSA) is 354 Å². The Balaban J connectivity index is 1.45. The molecule has 66 heavy (non-hydrogen) atoms. The zero-order valence-electron chi connectivity index (χ0n) is 37.8. The van der Waals surface area contributed by atoms with E-state index in [0.29, 0.717) is 56.0 Å². The van der Waals surface area contributed by atoms with Crippen LogP contribution in [0.4, 0.5) is 4.79 Å². The van der Waals surface area contributed by atoms with E-state index in [1.807, 2.05) is 25.6 Å². The molecule has 0 aromatic heterocycles. The number of carbonyl (C=O) groups is 9. The van der Waals surface area contributed by atoms with Gasteiger partial charge >= 0.3 is 6.03 Å². The molecule has 3 rings (SSSR count). The molecule has 2 aliphatic heterocycles. The number of unbranched alkanes of at least 4 members (excludes halogenated alkanes) is 3. The molecule has 0 spiro atoms. The lowest BCUT2D eigenvalue weighted by atomic mass is 9.92. The number of urea groups is 1. The van der Waals surface area contributed by atoms with Gasteiger partial charge in [-0.2, -0.15) is 11.8 Å². The normalized spacial score (nSPS) is 18.0. The standard InChI is InChI=1S/C43H69N11O11S/c1-25(2)19-27(21-35(57)54-65)40(61)50-30(10-5-7-17-44)42(63)51-31(20-26-13-15-28(55)16-14-26)41(62)48-22-36(58)47-23-37(59)49-29(39(45)60)9-6-8-18-46-34(56)12-4-3-11-33-38-32(24-66-33)52-43(64)53-38/h13-16,25,27,29-33,38,55,65H,3-12,17-24,44H2,1-2H3,(H2,45,60)(H,46,56)(H,47,58)(H,48,62)(H,49,59)(H,50,61)(H,51,63)(H,54,57)(H2,52,53,64)/t27?,29-,30-,31-,32-,33-,38-/m0/s1. The van der Waals surface area contributed by atoms with Crippen molar-refractivity contribution in [2.24, 2.45) is 23.3 Å². The zero-order chi connectivity index (χ0) is 48.6. The molecule has 2 aliphatic rings. The summed E-state index contributed by atoms with van der Waals surface area (Å²) in [7, 11) is 0. The molecule has 15 N–H and O–H groups in total. The molecule has 1 unspecified atom stereocenters. The lowest BCUT2D eigenvalue weighted by Gasteiger charge is -2.25. The maximum Gasteiger partial charge on any atom is 0.315 e. The fourth-order valence-electron chi connectivity index (χ4n) is 7.65. The van der Waals surface area contributed by atoms with Crippen LogP contribution in [0.3, 0.4) is 0 Å². The third-order valence-corrected chi connectivity index (χ3v) is 12.7. The molecule has 10 amide bonds. The number of hydrogen-bond acceptors (Lipinski definition) is 13. The molecular formula is C43H69N11O11S. The minimum atomic E-state index is -1.28. The molecule has 2 fully saturated rings. The molecule has 7 atom stereocenters. The molecule has 368 valence electrons. The first-order valence-electron chi connectivity index (χ1n) is 22.6. The van der Waals surface area contributed by atoms with Crippen molar-refractivity contribution in [3.05, 3.63) is 29.8 Å². The highest BCUT2D eigenvalue weighted by Gasteiger charge is 2.42. The van der Waals surface area contributed by atoms with Gasteiger partial charge in [-0.05, 0) is 87.9 Å². The number of phenols is 1. The van der Waals surface area contributed by atoms with Crippen molar-refractivity contribution in [2.75, 3.05) is 31.9 Å². The van der Waals surface area contributed by atoms with Gasteiger partial charge in [0.05, 0.1) is 25.2 Å². The van der Waals surface area contributed by atoms with Gasteiger partial charge in [-0.25, -0.2) is 10.3 Å². The number of phenolic OH excluding ortho intramolecular Hbond substituents is 1. The van der Waals surface area contributed by atoms with Crippen molar-refractivity contribution in [3.63, 3.8) is 0 Å². The molecule has 1 aromatic carbocycles. The third kappa shape index (κ3) is 20.2. The van der Waals surface area contributed by atoms with E-state index < -0.39 is 78.5 Å². The van der Waals surface area contributed by atoms with Crippen LogP contribution in [0, 0.1) is 11.8 Å². The molecule has 0 bridgehead atoms. The predicted octanol–water partition coefficient (Wildman–Crippen LogP) is -1.19. The molecule has 22 nitrogen and oxygen atoms in total. The summed E-state index contributed by atoms with van der Waals surface area (Å²) < 4.78 is 0. The Bertz CT molecular complexity index is 1810. The number of thioether (sulfide) groups is 1. The first-order chi connectivity index (χ1) is 31.5. The largest absolute Gasteiger partial charge is 0.508 e. The van der Waals surface area contributed by atoms with Gasteiger partial charge < -0.3 is 59.1 Å². The summed E-state index contributed by atoms with van der Waals surface area (Å²) in [5.41, 5.74) is 13.2. The van der Waals surface area contributed by atoms with Gasteiger partial charge in [0.25, 0.3) is 0 Å². The summed E-state index contributed by atoms with van der Waals surface area (Å²) in [5, 5.41) is 40.5.